The molecular weight excluding hydrogens is 332 g/mol. The van der Waals surface area contributed by atoms with E-state index in [4.69, 9.17) is 4.74 Å². The molecule has 26 heavy (non-hydrogen) atoms. The van der Waals surface area contributed by atoms with E-state index in [0.717, 1.165) is 11.1 Å². The van der Waals surface area contributed by atoms with Crippen molar-refractivity contribution in [2.45, 2.75) is 26.3 Å². The Labute approximate surface area is 152 Å². The third-order valence-electron chi connectivity index (χ3n) is 3.70. The van der Waals surface area contributed by atoms with Crippen molar-refractivity contribution in [1.29, 1.82) is 0 Å². The van der Waals surface area contributed by atoms with Gasteiger partial charge in [-0.05, 0) is 29.2 Å². The minimum Gasteiger partial charge on any atom is -0.452 e. The maximum Gasteiger partial charge on any atom is 0.338 e. The molecule has 0 aromatic heterocycles. The number of amides is 3. The molecule has 2 rings (SSSR count). The number of carbonyl (C=O) groups excluding carboxylic acids is 3. The van der Waals surface area contributed by atoms with Crippen LogP contribution in [0, 0.1) is 0 Å². The van der Waals surface area contributed by atoms with Crippen molar-refractivity contribution < 1.29 is 19.1 Å². The number of rotatable bonds is 6. The van der Waals surface area contributed by atoms with E-state index in [-0.39, 0.29) is 0 Å². The van der Waals surface area contributed by atoms with E-state index >= 15 is 0 Å². The van der Waals surface area contributed by atoms with Gasteiger partial charge in [0.05, 0.1) is 5.56 Å². The number of esters is 1. The molecule has 0 aliphatic heterocycles. The molecule has 0 spiro atoms. The van der Waals surface area contributed by atoms with E-state index in [1.807, 2.05) is 42.5 Å². The third-order valence-corrected chi connectivity index (χ3v) is 3.70. The van der Waals surface area contributed by atoms with Crippen LogP contribution in [-0.4, -0.2) is 24.5 Å². The number of ether oxygens (including phenoxy) is 1. The van der Waals surface area contributed by atoms with Crippen LogP contribution < -0.4 is 10.6 Å². The Morgan fingerprint density at radius 1 is 0.962 bits per heavy atom. The average molecular weight is 354 g/mol. The van der Waals surface area contributed by atoms with E-state index in [0.29, 0.717) is 18.0 Å². The van der Waals surface area contributed by atoms with Crippen LogP contribution in [0.4, 0.5) is 4.79 Å². The molecule has 0 saturated carbocycles. The molecule has 0 saturated heterocycles. The lowest BCUT2D eigenvalue weighted by Gasteiger charge is -2.08. The molecule has 6 nitrogen and oxygen atoms in total. The van der Waals surface area contributed by atoms with Gasteiger partial charge in [-0.15, -0.1) is 0 Å². The lowest BCUT2D eigenvalue weighted by Crippen LogP contribution is -2.41. The van der Waals surface area contributed by atoms with Gasteiger partial charge in [-0.2, -0.15) is 0 Å². The quantitative estimate of drug-likeness (QED) is 0.781. The maximum absolute atomic E-state index is 11.9. The van der Waals surface area contributed by atoms with E-state index in [1.165, 1.54) is 0 Å². The number of hydrogen-bond donors (Lipinski definition) is 2. The predicted molar refractivity (Wildman–Crippen MR) is 97.6 cm³/mol. The predicted octanol–water partition coefficient (Wildman–Crippen LogP) is 2.99. The van der Waals surface area contributed by atoms with Gasteiger partial charge in [-0.1, -0.05) is 56.3 Å². The summed E-state index contributed by atoms with van der Waals surface area (Å²) in [7, 11) is 0. The molecule has 0 heterocycles. The average Bonchev–Trinajstić information content (AvgIpc) is 2.65. The first-order chi connectivity index (χ1) is 12.5. The minimum absolute atomic E-state index is 0.294. The van der Waals surface area contributed by atoms with Gasteiger partial charge in [0.15, 0.2) is 6.61 Å². The highest BCUT2D eigenvalue weighted by molar-refractivity contribution is 5.97. The molecule has 0 unspecified atom stereocenters. The van der Waals surface area contributed by atoms with Crippen molar-refractivity contribution >= 4 is 17.9 Å². The van der Waals surface area contributed by atoms with Gasteiger partial charge in [-0.3, -0.25) is 10.1 Å². The van der Waals surface area contributed by atoms with Crippen molar-refractivity contribution in [3.8, 4) is 0 Å². The maximum atomic E-state index is 11.9. The first-order valence-electron chi connectivity index (χ1n) is 8.34. The first kappa shape index (κ1) is 19.2. The van der Waals surface area contributed by atoms with Gasteiger partial charge in [0, 0.05) is 6.54 Å². The highest BCUT2D eigenvalue weighted by Crippen LogP contribution is 2.15. The van der Waals surface area contributed by atoms with Crippen LogP contribution in [-0.2, 0) is 16.1 Å². The SMILES string of the molecule is CC(C)c1ccc(C(=O)OCC(=O)NC(=O)NCc2ccccc2)cc1. The van der Waals surface area contributed by atoms with Gasteiger partial charge >= 0.3 is 12.0 Å². The summed E-state index contributed by atoms with van der Waals surface area (Å²) in [6.45, 7) is 3.88. The largest absolute Gasteiger partial charge is 0.452 e. The summed E-state index contributed by atoms with van der Waals surface area (Å²) in [6, 6.07) is 15.7. The number of hydrogen-bond acceptors (Lipinski definition) is 4. The Kier molecular flexibility index (Phi) is 6.91. The molecule has 6 heteroatoms. The van der Waals surface area contributed by atoms with Crippen LogP contribution in [0.2, 0.25) is 0 Å². The van der Waals surface area contributed by atoms with Crippen LogP contribution in [0.1, 0.15) is 41.3 Å². The number of nitrogens with one attached hydrogen (secondary N) is 2. The smallest absolute Gasteiger partial charge is 0.338 e. The molecule has 136 valence electrons. The standard InChI is InChI=1S/C20H22N2O4/c1-14(2)16-8-10-17(11-9-16)19(24)26-13-18(23)22-20(25)21-12-15-6-4-3-5-7-15/h3-11,14H,12-13H2,1-2H3,(H2,21,22,23,25). The van der Waals surface area contributed by atoms with Crippen molar-refractivity contribution in [2.24, 2.45) is 0 Å². The normalized spacial score (nSPS) is 10.3. The summed E-state index contributed by atoms with van der Waals surface area (Å²) in [4.78, 5) is 35.3. The zero-order valence-electron chi connectivity index (χ0n) is 14.8. The molecule has 2 N–H and O–H groups in total. The molecule has 0 aliphatic carbocycles. The molecule has 0 atom stereocenters. The van der Waals surface area contributed by atoms with E-state index in [9.17, 15) is 14.4 Å². The Morgan fingerprint density at radius 3 is 2.23 bits per heavy atom. The zero-order valence-corrected chi connectivity index (χ0v) is 14.8. The fourth-order valence-corrected chi connectivity index (χ4v) is 2.20. The van der Waals surface area contributed by atoms with E-state index in [1.54, 1.807) is 12.1 Å². The van der Waals surface area contributed by atoms with Crippen molar-refractivity contribution in [1.82, 2.24) is 10.6 Å². The van der Waals surface area contributed by atoms with Crippen molar-refractivity contribution in [3.05, 3.63) is 71.3 Å². The fraction of sp³-hybridized carbons (Fsp3) is 0.250. The molecule has 0 aliphatic rings. The van der Waals surface area contributed by atoms with Gasteiger partial charge < -0.3 is 10.1 Å². The Balaban J connectivity index is 1.73. The Hall–Kier alpha value is -3.15. The van der Waals surface area contributed by atoms with E-state index < -0.39 is 24.5 Å². The van der Waals surface area contributed by atoms with Crippen molar-refractivity contribution in [2.75, 3.05) is 6.61 Å². The van der Waals surface area contributed by atoms with Gasteiger partial charge in [-0.25, -0.2) is 9.59 Å². The van der Waals surface area contributed by atoms with E-state index in [2.05, 4.69) is 24.5 Å². The summed E-state index contributed by atoms with van der Waals surface area (Å²) in [6.07, 6.45) is 0. The van der Waals surface area contributed by atoms with Gasteiger partial charge in [0.25, 0.3) is 5.91 Å². The number of urea groups is 1. The summed E-state index contributed by atoms with van der Waals surface area (Å²) in [5.41, 5.74) is 2.37. The first-order valence-corrected chi connectivity index (χ1v) is 8.34. The topological polar surface area (TPSA) is 84.5 Å². The van der Waals surface area contributed by atoms with Gasteiger partial charge in [0.1, 0.15) is 0 Å². The summed E-state index contributed by atoms with van der Waals surface area (Å²) in [5, 5.41) is 4.67. The minimum atomic E-state index is -0.692. The molecule has 2 aromatic rings. The third kappa shape index (κ3) is 6.05. The molecular formula is C20H22N2O4. The second-order valence-electron chi connectivity index (χ2n) is 6.07. The second kappa shape index (κ2) is 9.36. The number of benzene rings is 2. The van der Waals surface area contributed by atoms with Crippen LogP contribution in [0.25, 0.3) is 0 Å². The van der Waals surface area contributed by atoms with Gasteiger partial charge in [0.2, 0.25) is 0 Å². The number of imide groups is 1. The Morgan fingerprint density at radius 2 is 1.62 bits per heavy atom. The van der Waals surface area contributed by atoms with Crippen LogP contribution in [0.3, 0.4) is 0 Å². The van der Waals surface area contributed by atoms with Crippen LogP contribution >= 0.6 is 0 Å². The summed E-state index contributed by atoms with van der Waals surface area (Å²) in [5.74, 6) is -0.942. The lowest BCUT2D eigenvalue weighted by molar-refractivity contribution is -0.123. The lowest BCUT2D eigenvalue weighted by atomic mass is 10.0. The monoisotopic (exact) mass is 354 g/mol. The molecule has 2 aromatic carbocycles. The molecule has 3 amide bonds. The number of carbonyl (C=O) groups is 3. The second-order valence-corrected chi connectivity index (χ2v) is 6.07. The molecule has 0 fully saturated rings. The fourth-order valence-electron chi connectivity index (χ4n) is 2.20. The highest BCUT2D eigenvalue weighted by atomic mass is 16.5. The van der Waals surface area contributed by atoms with Crippen LogP contribution in [0.15, 0.2) is 54.6 Å². The summed E-state index contributed by atoms with van der Waals surface area (Å²) < 4.78 is 4.92. The summed E-state index contributed by atoms with van der Waals surface area (Å²) >= 11 is 0. The van der Waals surface area contributed by atoms with Crippen molar-refractivity contribution in [3.63, 3.8) is 0 Å². The zero-order chi connectivity index (χ0) is 18.9. The molecule has 0 radical (unpaired) electrons. The van der Waals surface area contributed by atoms with Crippen LogP contribution in [0.5, 0.6) is 0 Å². The molecule has 0 bridgehead atoms. The highest BCUT2D eigenvalue weighted by Gasteiger charge is 2.12. The Bertz CT molecular complexity index is 755.